The van der Waals surface area contributed by atoms with Crippen LogP contribution in [0.5, 0.6) is 0 Å². The number of hydrogen-bond donors (Lipinski definition) is 2. The number of aliphatic hydroxyl groups is 1. The van der Waals surface area contributed by atoms with Crippen LogP contribution in [-0.4, -0.2) is 37.5 Å². The lowest BCUT2D eigenvalue weighted by Gasteiger charge is -2.28. The van der Waals surface area contributed by atoms with Gasteiger partial charge in [0.1, 0.15) is 0 Å². The summed E-state index contributed by atoms with van der Waals surface area (Å²) in [5.41, 5.74) is 4.76. The van der Waals surface area contributed by atoms with Gasteiger partial charge in [-0.15, -0.1) is 0 Å². The molecule has 1 aliphatic carbocycles. The largest absolute Gasteiger partial charge is 0.391 e. The zero-order valence-corrected chi connectivity index (χ0v) is 19.3. The quantitative estimate of drug-likeness (QED) is 0.448. The predicted molar refractivity (Wildman–Crippen MR) is 130 cm³/mol. The number of carbonyl (C=O) groups is 1. The van der Waals surface area contributed by atoms with Crippen molar-refractivity contribution < 1.29 is 9.90 Å². The van der Waals surface area contributed by atoms with E-state index < -0.39 is 6.10 Å². The Hall–Kier alpha value is -3.09. The van der Waals surface area contributed by atoms with Gasteiger partial charge < -0.3 is 15.0 Å². The molecule has 4 aromatic rings. The van der Waals surface area contributed by atoms with Gasteiger partial charge in [0.15, 0.2) is 0 Å². The van der Waals surface area contributed by atoms with Gasteiger partial charge in [0.2, 0.25) is 0 Å². The lowest BCUT2D eigenvalue weighted by molar-refractivity contribution is 0.0718. The van der Waals surface area contributed by atoms with E-state index >= 15 is 0 Å². The highest BCUT2D eigenvalue weighted by Gasteiger charge is 2.26. The second kappa shape index (κ2) is 9.04. The van der Waals surface area contributed by atoms with Crippen LogP contribution in [-0.2, 0) is 13.6 Å². The van der Waals surface area contributed by atoms with Gasteiger partial charge in [-0.3, -0.25) is 9.48 Å². The van der Waals surface area contributed by atoms with Crippen molar-refractivity contribution in [2.75, 3.05) is 0 Å². The highest BCUT2D eigenvalue weighted by molar-refractivity contribution is 6.36. The third-order valence-corrected chi connectivity index (χ3v) is 6.81. The van der Waals surface area contributed by atoms with Crippen molar-refractivity contribution in [3.05, 3.63) is 77.2 Å². The first kappa shape index (κ1) is 21.7. The number of nitrogens with one attached hydrogen (secondary N) is 1. The van der Waals surface area contributed by atoms with Crippen molar-refractivity contribution in [3.63, 3.8) is 0 Å². The molecule has 1 fully saturated rings. The molecule has 2 aromatic carbocycles. The molecule has 6 nitrogen and oxygen atoms in total. The fourth-order valence-electron chi connectivity index (χ4n) is 4.71. The number of amides is 1. The van der Waals surface area contributed by atoms with Crippen molar-refractivity contribution in [1.29, 1.82) is 0 Å². The Labute approximate surface area is 197 Å². The number of nitrogens with zero attached hydrogens (tertiary/aromatic N) is 3. The summed E-state index contributed by atoms with van der Waals surface area (Å²) in [7, 11) is 1.91. The van der Waals surface area contributed by atoms with E-state index in [9.17, 15) is 9.90 Å². The first-order valence-corrected chi connectivity index (χ1v) is 11.7. The van der Waals surface area contributed by atoms with Crippen molar-refractivity contribution in [1.82, 2.24) is 19.7 Å². The molecule has 1 saturated carbocycles. The van der Waals surface area contributed by atoms with Gasteiger partial charge in [0.05, 0.1) is 34.4 Å². The zero-order chi connectivity index (χ0) is 22.9. The molecule has 1 aliphatic rings. The van der Waals surface area contributed by atoms with Crippen LogP contribution < -0.4 is 5.32 Å². The molecule has 0 radical (unpaired) electrons. The number of rotatable bonds is 5. The van der Waals surface area contributed by atoms with Crippen LogP contribution in [0.3, 0.4) is 0 Å². The van der Waals surface area contributed by atoms with E-state index in [0.717, 1.165) is 53.3 Å². The maximum atomic E-state index is 13.2. The van der Waals surface area contributed by atoms with E-state index in [0.29, 0.717) is 17.1 Å². The molecule has 0 bridgehead atoms. The zero-order valence-electron chi connectivity index (χ0n) is 18.5. The van der Waals surface area contributed by atoms with Gasteiger partial charge in [0, 0.05) is 36.9 Å². The molecule has 170 valence electrons. The predicted octanol–water partition coefficient (Wildman–Crippen LogP) is 4.78. The van der Waals surface area contributed by atoms with Crippen molar-refractivity contribution >= 4 is 28.4 Å². The third kappa shape index (κ3) is 4.41. The van der Waals surface area contributed by atoms with E-state index in [1.165, 1.54) is 0 Å². The van der Waals surface area contributed by atoms with Crippen molar-refractivity contribution in [2.24, 2.45) is 7.05 Å². The first-order chi connectivity index (χ1) is 16.0. The summed E-state index contributed by atoms with van der Waals surface area (Å²) < 4.78 is 3.85. The molecule has 2 aromatic heterocycles. The maximum Gasteiger partial charge on any atom is 0.253 e. The number of aromatic nitrogens is 3. The van der Waals surface area contributed by atoms with E-state index in [-0.39, 0.29) is 11.9 Å². The van der Waals surface area contributed by atoms with Gasteiger partial charge >= 0.3 is 0 Å². The molecule has 0 unspecified atom stereocenters. The number of aliphatic hydroxyl groups excluding tert-OH is 1. The molecule has 2 atom stereocenters. The second-order valence-electron chi connectivity index (χ2n) is 8.84. The topological polar surface area (TPSA) is 72.1 Å². The number of hydrogen-bond acceptors (Lipinski definition) is 3. The monoisotopic (exact) mass is 462 g/mol. The molecule has 0 saturated heterocycles. The number of carbonyl (C=O) groups excluding carboxylic acids is 1. The minimum absolute atomic E-state index is 0.190. The smallest absolute Gasteiger partial charge is 0.253 e. The van der Waals surface area contributed by atoms with Gasteiger partial charge in [-0.25, -0.2) is 0 Å². The van der Waals surface area contributed by atoms with E-state index in [1.54, 1.807) is 4.68 Å². The summed E-state index contributed by atoms with van der Waals surface area (Å²) in [4.78, 5) is 13.2. The number of fused-ring (bicyclic) bond motifs is 1. The van der Waals surface area contributed by atoms with Crippen LogP contribution >= 0.6 is 11.6 Å². The minimum atomic E-state index is -0.496. The Morgan fingerprint density at radius 2 is 1.91 bits per heavy atom. The Kier molecular flexibility index (Phi) is 5.96. The highest BCUT2D eigenvalue weighted by Crippen LogP contribution is 2.30. The summed E-state index contributed by atoms with van der Waals surface area (Å²) in [5, 5.41) is 18.9. The molecular formula is C26H27ClN4O2. The Morgan fingerprint density at radius 1 is 1.12 bits per heavy atom. The molecular weight excluding hydrogens is 436 g/mol. The number of benzene rings is 2. The average molecular weight is 463 g/mol. The van der Waals surface area contributed by atoms with E-state index in [4.69, 9.17) is 11.6 Å². The van der Waals surface area contributed by atoms with Gasteiger partial charge in [-0.2, -0.15) is 5.10 Å². The Bertz CT molecular complexity index is 1290. The molecule has 7 heteroatoms. The standard InChI is InChI=1S/C26H27ClN4O2/c1-30-15-19(13-28-30)18-11-9-17(10-12-18)14-31-16-20(25-21(27)5-4-7-23(25)31)26(33)29-22-6-2-3-8-24(22)32/h4-5,7,9-13,15-16,22,24,32H,2-3,6,8,14H2,1H3,(H,29,33)/t22-,24-/m0/s1. The van der Waals surface area contributed by atoms with E-state index in [2.05, 4.69) is 39.2 Å². The van der Waals surface area contributed by atoms with Gasteiger partial charge in [-0.1, -0.05) is 54.8 Å². The first-order valence-electron chi connectivity index (χ1n) is 11.3. The molecule has 2 heterocycles. The molecule has 5 rings (SSSR count). The maximum absolute atomic E-state index is 13.2. The Morgan fingerprint density at radius 3 is 2.64 bits per heavy atom. The lowest BCUT2D eigenvalue weighted by atomic mass is 9.92. The molecule has 2 N–H and O–H groups in total. The highest BCUT2D eigenvalue weighted by atomic mass is 35.5. The summed E-state index contributed by atoms with van der Waals surface area (Å²) in [5.74, 6) is -0.190. The summed E-state index contributed by atoms with van der Waals surface area (Å²) in [6, 6.07) is 13.8. The SMILES string of the molecule is Cn1cc(-c2ccc(Cn3cc(C(=O)N[C@H]4CCCC[C@@H]4O)c4c(Cl)cccc43)cc2)cn1. The van der Waals surface area contributed by atoms with Crippen molar-refractivity contribution in [3.8, 4) is 11.1 Å². The van der Waals surface area contributed by atoms with Gasteiger partial charge in [-0.05, 0) is 36.1 Å². The lowest BCUT2D eigenvalue weighted by Crippen LogP contribution is -2.45. The molecule has 1 amide bonds. The summed E-state index contributed by atoms with van der Waals surface area (Å²) in [6.45, 7) is 0.615. The number of halogens is 1. The fourth-order valence-corrected chi connectivity index (χ4v) is 4.98. The minimum Gasteiger partial charge on any atom is -0.391 e. The average Bonchev–Trinajstić information content (AvgIpc) is 3.41. The van der Waals surface area contributed by atoms with E-state index in [1.807, 2.05) is 43.8 Å². The molecule has 0 aliphatic heterocycles. The van der Waals surface area contributed by atoms with Crippen LogP contribution in [0.4, 0.5) is 0 Å². The van der Waals surface area contributed by atoms with Crippen LogP contribution in [0, 0.1) is 0 Å². The van der Waals surface area contributed by atoms with Crippen LogP contribution in [0.1, 0.15) is 41.6 Å². The number of aryl methyl sites for hydroxylation is 1. The second-order valence-corrected chi connectivity index (χ2v) is 9.24. The molecule has 33 heavy (non-hydrogen) atoms. The van der Waals surface area contributed by atoms with Crippen molar-refractivity contribution in [2.45, 2.75) is 44.4 Å². The van der Waals surface area contributed by atoms with Crippen LogP contribution in [0.2, 0.25) is 5.02 Å². The van der Waals surface area contributed by atoms with Crippen LogP contribution in [0.15, 0.2) is 61.1 Å². The normalized spacial score (nSPS) is 18.5. The van der Waals surface area contributed by atoms with Gasteiger partial charge in [0.25, 0.3) is 5.91 Å². The fraction of sp³-hybridized carbons (Fsp3) is 0.308. The summed E-state index contributed by atoms with van der Waals surface area (Å²) >= 11 is 6.53. The Balaban J connectivity index is 1.43. The van der Waals surface area contributed by atoms with Crippen LogP contribution in [0.25, 0.3) is 22.0 Å². The summed E-state index contributed by atoms with van der Waals surface area (Å²) in [6.07, 6.45) is 8.75. The molecule has 0 spiro atoms. The third-order valence-electron chi connectivity index (χ3n) is 6.49.